The van der Waals surface area contributed by atoms with E-state index in [1.54, 1.807) is 20.9 Å². The summed E-state index contributed by atoms with van der Waals surface area (Å²) in [6.07, 6.45) is -4.34. The molecule has 2 atom stereocenters. The van der Waals surface area contributed by atoms with Gasteiger partial charge in [0.2, 0.25) is 5.91 Å². The van der Waals surface area contributed by atoms with Crippen molar-refractivity contribution in [2.24, 2.45) is 5.92 Å². The molecule has 6 heteroatoms. The Bertz CT molecular complexity index is 443. The van der Waals surface area contributed by atoms with Crippen LogP contribution in [0.3, 0.4) is 0 Å². The van der Waals surface area contributed by atoms with Gasteiger partial charge < -0.3 is 10.6 Å². The zero-order valence-corrected chi connectivity index (χ0v) is 11.7. The average molecular weight is 288 g/mol. The summed E-state index contributed by atoms with van der Waals surface area (Å²) in [6.45, 7) is 4.07. The maximum atomic E-state index is 12.4. The van der Waals surface area contributed by atoms with Crippen molar-refractivity contribution in [2.75, 3.05) is 13.6 Å². The van der Waals surface area contributed by atoms with Crippen LogP contribution in [-0.2, 0) is 11.0 Å². The molecule has 1 aromatic rings. The quantitative estimate of drug-likeness (QED) is 0.874. The van der Waals surface area contributed by atoms with Crippen LogP contribution < -0.4 is 10.6 Å². The van der Waals surface area contributed by atoms with Crippen LogP contribution in [0.4, 0.5) is 13.2 Å². The fourth-order valence-corrected chi connectivity index (χ4v) is 1.80. The molecule has 1 aromatic carbocycles. The topological polar surface area (TPSA) is 41.1 Å². The SMILES string of the molecule is CNCC(C)C(=O)NC(C)c1ccc(C(F)(F)F)cc1. The van der Waals surface area contributed by atoms with Crippen LogP contribution in [0.1, 0.15) is 31.0 Å². The molecule has 0 aliphatic carbocycles. The number of hydrogen-bond acceptors (Lipinski definition) is 2. The highest BCUT2D eigenvalue weighted by Gasteiger charge is 2.30. The Morgan fingerprint density at radius 3 is 2.20 bits per heavy atom. The van der Waals surface area contributed by atoms with Gasteiger partial charge in [-0.25, -0.2) is 0 Å². The van der Waals surface area contributed by atoms with E-state index < -0.39 is 11.7 Å². The van der Waals surface area contributed by atoms with E-state index in [0.29, 0.717) is 12.1 Å². The molecule has 0 saturated heterocycles. The maximum Gasteiger partial charge on any atom is 0.416 e. The first-order valence-corrected chi connectivity index (χ1v) is 6.37. The largest absolute Gasteiger partial charge is 0.416 e. The van der Waals surface area contributed by atoms with E-state index in [-0.39, 0.29) is 17.9 Å². The average Bonchev–Trinajstić information content (AvgIpc) is 2.38. The molecule has 20 heavy (non-hydrogen) atoms. The lowest BCUT2D eigenvalue weighted by molar-refractivity contribution is -0.137. The number of rotatable bonds is 5. The molecule has 0 bridgehead atoms. The van der Waals surface area contributed by atoms with Crippen molar-refractivity contribution in [3.05, 3.63) is 35.4 Å². The molecule has 0 aliphatic heterocycles. The molecule has 0 saturated carbocycles. The summed E-state index contributed by atoms with van der Waals surface area (Å²) < 4.78 is 37.3. The third-order valence-electron chi connectivity index (χ3n) is 3.05. The lowest BCUT2D eigenvalue weighted by Crippen LogP contribution is -2.35. The molecule has 0 radical (unpaired) electrons. The van der Waals surface area contributed by atoms with Crippen LogP contribution in [0.2, 0.25) is 0 Å². The number of carbonyl (C=O) groups excluding carboxylic acids is 1. The molecule has 0 spiro atoms. The second kappa shape index (κ2) is 6.74. The molecule has 3 nitrogen and oxygen atoms in total. The minimum atomic E-state index is -4.34. The van der Waals surface area contributed by atoms with Gasteiger partial charge in [0.1, 0.15) is 0 Å². The van der Waals surface area contributed by atoms with Gasteiger partial charge in [-0.3, -0.25) is 4.79 Å². The molecule has 112 valence electrons. The van der Waals surface area contributed by atoms with E-state index in [2.05, 4.69) is 10.6 Å². The normalized spacial score (nSPS) is 14.7. The fourth-order valence-electron chi connectivity index (χ4n) is 1.80. The van der Waals surface area contributed by atoms with Crippen LogP contribution in [-0.4, -0.2) is 19.5 Å². The van der Waals surface area contributed by atoms with Gasteiger partial charge in [-0.15, -0.1) is 0 Å². The van der Waals surface area contributed by atoms with Crippen molar-refractivity contribution >= 4 is 5.91 Å². The van der Waals surface area contributed by atoms with Gasteiger partial charge in [-0.1, -0.05) is 19.1 Å². The van der Waals surface area contributed by atoms with Crippen LogP contribution in [0.25, 0.3) is 0 Å². The zero-order chi connectivity index (χ0) is 15.3. The Morgan fingerprint density at radius 1 is 1.20 bits per heavy atom. The molecule has 2 unspecified atom stereocenters. The van der Waals surface area contributed by atoms with Crippen molar-refractivity contribution < 1.29 is 18.0 Å². The Balaban J connectivity index is 2.69. The highest BCUT2D eigenvalue weighted by atomic mass is 19.4. The first-order valence-electron chi connectivity index (χ1n) is 6.37. The third-order valence-corrected chi connectivity index (χ3v) is 3.05. The Kier molecular flexibility index (Phi) is 5.56. The molecule has 1 rings (SSSR count). The van der Waals surface area contributed by atoms with Crippen molar-refractivity contribution in [3.8, 4) is 0 Å². The predicted molar refractivity (Wildman–Crippen MR) is 71.1 cm³/mol. The summed E-state index contributed by atoms with van der Waals surface area (Å²) in [7, 11) is 1.75. The van der Waals surface area contributed by atoms with Crippen LogP contribution in [0.15, 0.2) is 24.3 Å². The lowest BCUT2D eigenvalue weighted by atomic mass is 10.0. The highest BCUT2D eigenvalue weighted by Crippen LogP contribution is 2.29. The lowest BCUT2D eigenvalue weighted by Gasteiger charge is -2.18. The van der Waals surface area contributed by atoms with E-state index in [1.807, 2.05) is 0 Å². The number of benzene rings is 1. The number of alkyl halides is 3. The van der Waals surface area contributed by atoms with Crippen molar-refractivity contribution in [1.82, 2.24) is 10.6 Å². The monoisotopic (exact) mass is 288 g/mol. The van der Waals surface area contributed by atoms with Crippen LogP contribution in [0, 0.1) is 5.92 Å². The molecule has 1 amide bonds. The molecule has 0 heterocycles. The standard InChI is InChI=1S/C14H19F3N2O/c1-9(8-18-3)13(20)19-10(2)11-4-6-12(7-5-11)14(15,16)17/h4-7,9-10,18H,8H2,1-3H3,(H,19,20). The molecule has 0 aliphatic rings. The first kappa shape index (κ1) is 16.5. The van der Waals surface area contributed by atoms with Gasteiger partial charge in [0.25, 0.3) is 0 Å². The second-order valence-corrected chi connectivity index (χ2v) is 4.81. The Labute approximate surface area is 116 Å². The van der Waals surface area contributed by atoms with E-state index in [1.165, 1.54) is 12.1 Å². The van der Waals surface area contributed by atoms with Gasteiger partial charge in [0.15, 0.2) is 0 Å². The van der Waals surface area contributed by atoms with Gasteiger partial charge in [-0.2, -0.15) is 13.2 Å². The van der Waals surface area contributed by atoms with Crippen molar-refractivity contribution in [1.29, 1.82) is 0 Å². The Morgan fingerprint density at radius 2 is 1.75 bits per heavy atom. The maximum absolute atomic E-state index is 12.4. The first-order chi connectivity index (χ1) is 9.25. The number of halogens is 3. The van der Waals surface area contributed by atoms with Gasteiger partial charge in [-0.05, 0) is 31.7 Å². The van der Waals surface area contributed by atoms with E-state index in [4.69, 9.17) is 0 Å². The molecular formula is C14H19F3N2O. The number of carbonyl (C=O) groups is 1. The zero-order valence-electron chi connectivity index (χ0n) is 11.7. The molecule has 0 fully saturated rings. The summed E-state index contributed by atoms with van der Waals surface area (Å²) in [5.41, 5.74) is -0.0497. The van der Waals surface area contributed by atoms with Crippen LogP contribution in [0.5, 0.6) is 0 Å². The summed E-state index contributed by atoms with van der Waals surface area (Å²) in [5.74, 6) is -0.330. The van der Waals surface area contributed by atoms with Crippen molar-refractivity contribution in [3.63, 3.8) is 0 Å². The second-order valence-electron chi connectivity index (χ2n) is 4.81. The minimum absolute atomic E-state index is 0.133. The number of amides is 1. The minimum Gasteiger partial charge on any atom is -0.349 e. The number of hydrogen-bond donors (Lipinski definition) is 2. The highest BCUT2D eigenvalue weighted by molar-refractivity contribution is 5.78. The van der Waals surface area contributed by atoms with Gasteiger partial charge >= 0.3 is 6.18 Å². The van der Waals surface area contributed by atoms with Gasteiger partial charge in [0.05, 0.1) is 11.6 Å². The van der Waals surface area contributed by atoms with E-state index in [9.17, 15) is 18.0 Å². The summed E-state index contributed by atoms with van der Waals surface area (Å²) in [6, 6.07) is 4.49. The third kappa shape index (κ3) is 4.52. The Hall–Kier alpha value is -1.56. The smallest absolute Gasteiger partial charge is 0.349 e. The predicted octanol–water partition coefficient (Wildman–Crippen LogP) is 2.74. The molecule has 0 aromatic heterocycles. The van der Waals surface area contributed by atoms with E-state index in [0.717, 1.165) is 12.1 Å². The van der Waals surface area contributed by atoms with Crippen molar-refractivity contribution in [2.45, 2.75) is 26.1 Å². The molecular weight excluding hydrogens is 269 g/mol. The molecule has 2 N–H and O–H groups in total. The summed E-state index contributed by atoms with van der Waals surface area (Å²) >= 11 is 0. The summed E-state index contributed by atoms with van der Waals surface area (Å²) in [5, 5.41) is 5.68. The summed E-state index contributed by atoms with van der Waals surface area (Å²) in [4.78, 5) is 11.8. The van der Waals surface area contributed by atoms with Crippen LogP contribution >= 0.6 is 0 Å². The van der Waals surface area contributed by atoms with E-state index >= 15 is 0 Å². The fraction of sp³-hybridized carbons (Fsp3) is 0.500. The van der Waals surface area contributed by atoms with Gasteiger partial charge in [0, 0.05) is 12.5 Å². The number of nitrogens with one attached hydrogen (secondary N) is 2.